The first-order chi connectivity index (χ1) is 18.4. The molecule has 1 atom stereocenters. The number of aromatic nitrogens is 3. The van der Waals surface area contributed by atoms with Gasteiger partial charge in [0.25, 0.3) is 0 Å². The fourth-order valence-electron chi connectivity index (χ4n) is 4.73. The van der Waals surface area contributed by atoms with Gasteiger partial charge in [0.15, 0.2) is 0 Å². The Morgan fingerprint density at radius 2 is 1.95 bits per heavy atom. The highest BCUT2D eigenvalue weighted by molar-refractivity contribution is 6.35. The van der Waals surface area contributed by atoms with Crippen molar-refractivity contribution >= 4 is 45.7 Å². The van der Waals surface area contributed by atoms with Gasteiger partial charge in [-0.2, -0.15) is 5.10 Å². The molecule has 0 saturated carbocycles. The van der Waals surface area contributed by atoms with E-state index in [2.05, 4.69) is 38.0 Å². The maximum Gasteiger partial charge on any atom is 0.247 e. The van der Waals surface area contributed by atoms with Gasteiger partial charge in [0, 0.05) is 55.7 Å². The van der Waals surface area contributed by atoms with Crippen LogP contribution >= 0.6 is 23.2 Å². The van der Waals surface area contributed by atoms with Crippen LogP contribution in [0.15, 0.2) is 55.4 Å². The molecule has 1 aliphatic heterocycles. The van der Waals surface area contributed by atoms with Crippen molar-refractivity contribution in [1.82, 2.24) is 20.1 Å². The molecule has 196 valence electrons. The molecule has 4 aromatic rings. The number of nitrogens with zero attached hydrogens (tertiary/aromatic N) is 3. The summed E-state index contributed by atoms with van der Waals surface area (Å²) in [6.07, 6.45) is 3.94. The molecule has 0 aliphatic carbocycles. The Labute approximate surface area is 230 Å². The highest BCUT2D eigenvalue weighted by Crippen LogP contribution is 2.39. The second kappa shape index (κ2) is 11.1. The number of hydrogen-bond donors (Lipinski definition) is 2. The molecule has 3 heterocycles. The summed E-state index contributed by atoms with van der Waals surface area (Å²) in [5.41, 5.74) is 6.04. The van der Waals surface area contributed by atoms with E-state index in [1.807, 2.05) is 31.2 Å². The van der Waals surface area contributed by atoms with Crippen LogP contribution in [0.5, 0.6) is 5.75 Å². The molecule has 2 aromatic heterocycles. The van der Waals surface area contributed by atoms with Gasteiger partial charge in [-0.05, 0) is 54.5 Å². The zero-order chi connectivity index (χ0) is 26.8. The predicted molar refractivity (Wildman–Crippen MR) is 150 cm³/mol. The SMILES string of the molecule is C=CC(=O)Nc1cc2c(cc1-c1n[nH]c3ccc(O[C@H](C)c4c(Cl)cncc4Cl)cc13)CN(CCOC)C2. The lowest BCUT2D eigenvalue weighted by Gasteiger charge is -2.17. The number of aromatic amines is 1. The van der Waals surface area contributed by atoms with Gasteiger partial charge >= 0.3 is 0 Å². The number of H-pyrrole nitrogens is 1. The average molecular weight is 552 g/mol. The van der Waals surface area contributed by atoms with Gasteiger partial charge in [-0.1, -0.05) is 29.8 Å². The molecule has 5 rings (SSSR count). The average Bonchev–Trinajstić information content (AvgIpc) is 3.49. The van der Waals surface area contributed by atoms with Gasteiger partial charge in [-0.3, -0.25) is 19.8 Å². The quantitative estimate of drug-likeness (QED) is 0.242. The highest BCUT2D eigenvalue weighted by Gasteiger charge is 2.24. The standard InChI is InChI=1S/C28H27Cl2N5O3/c1-4-26(36)32-25-10-18-15-35(7-8-37-3)14-17(18)9-20(25)28-21-11-19(5-6-24(21)33-34-28)38-16(2)27-22(29)12-31-13-23(27)30/h4-6,9-13,16H,1,7-8,14-15H2,2-3H3,(H,32,36)(H,33,34)/t16-/m1/s1. The summed E-state index contributed by atoms with van der Waals surface area (Å²) in [6, 6.07) is 9.81. The van der Waals surface area contributed by atoms with Crippen molar-refractivity contribution in [2.24, 2.45) is 0 Å². The molecule has 0 unspecified atom stereocenters. The zero-order valence-electron chi connectivity index (χ0n) is 21.1. The molecule has 38 heavy (non-hydrogen) atoms. The monoisotopic (exact) mass is 551 g/mol. The number of ether oxygens (including phenoxy) is 2. The first kappa shape index (κ1) is 26.2. The van der Waals surface area contributed by atoms with E-state index in [9.17, 15) is 4.79 Å². The summed E-state index contributed by atoms with van der Waals surface area (Å²) < 4.78 is 11.5. The van der Waals surface area contributed by atoms with Crippen molar-refractivity contribution < 1.29 is 14.3 Å². The number of fused-ring (bicyclic) bond motifs is 2. The molecule has 0 spiro atoms. The molecular weight excluding hydrogens is 525 g/mol. The minimum absolute atomic E-state index is 0.288. The van der Waals surface area contributed by atoms with Crippen LogP contribution in [-0.2, 0) is 22.6 Å². The number of halogens is 2. The first-order valence-electron chi connectivity index (χ1n) is 12.1. The Kier molecular flexibility index (Phi) is 7.67. The molecule has 2 N–H and O–H groups in total. The van der Waals surface area contributed by atoms with Crippen molar-refractivity contribution in [2.75, 3.05) is 25.6 Å². The van der Waals surface area contributed by atoms with Crippen LogP contribution in [0, 0.1) is 0 Å². The van der Waals surface area contributed by atoms with Gasteiger partial charge in [0.05, 0.1) is 27.9 Å². The summed E-state index contributed by atoms with van der Waals surface area (Å²) in [7, 11) is 1.70. The van der Waals surface area contributed by atoms with E-state index >= 15 is 0 Å². The topological polar surface area (TPSA) is 92.4 Å². The maximum absolute atomic E-state index is 12.3. The Morgan fingerprint density at radius 3 is 2.66 bits per heavy atom. The fourth-order valence-corrected chi connectivity index (χ4v) is 5.40. The maximum atomic E-state index is 12.3. The summed E-state index contributed by atoms with van der Waals surface area (Å²) in [5.74, 6) is 0.337. The lowest BCUT2D eigenvalue weighted by atomic mass is 9.99. The number of rotatable bonds is 9. The molecule has 1 aliphatic rings. The zero-order valence-corrected chi connectivity index (χ0v) is 22.6. The van der Waals surface area contributed by atoms with E-state index in [4.69, 9.17) is 32.7 Å². The van der Waals surface area contributed by atoms with Crippen LogP contribution in [0.2, 0.25) is 10.0 Å². The number of methoxy groups -OCH3 is 1. The fraction of sp³-hybridized carbons (Fsp3) is 0.250. The molecular formula is C28H27Cl2N5O3. The van der Waals surface area contributed by atoms with Crippen molar-refractivity contribution in [1.29, 1.82) is 0 Å². The van der Waals surface area contributed by atoms with Crippen LogP contribution in [0.25, 0.3) is 22.2 Å². The van der Waals surface area contributed by atoms with Crippen LogP contribution in [0.4, 0.5) is 5.69 Å². The number of carbonyl (C=O) groups is 1. The highest BCUT2D eigenvalue weighted by atomic mass is 35.5. The van der Waals surface area contributed by atoms with Crippen molar-refractivity contribution in [3.63, 3.8) is 0 Å². The smallest absolute Gasteiger partial charge is 0.247 e. The van der Waals surface area contributed by atoms with Gasteiger partial charge in [0.1, 0.15) is 17.5 Å². The normalized spacial score (nSPS) is 13.9. The lowest BCUT2D eigenvalue weighted by molar-refractivity contribution is -0.111. The minimum Gasteiger partial charge on any atom is -0.486 e. The lowest BCUT2D eigenvalue weighted by Crippen LogP contribution is -2.21. The van der Waals surface area contributed by atoms with Gasteiger partial charge < -0.3 is 14.8 Å². The molecule has 8 nitrogen and oxygen atoms in total. The Morgan fingerprint density at radius 1 is 1.21 bits per heavy atom. The van der Waals surface area contributed by atoms with E-state index in [0.29, 0.717) is 39.3 Å². The third-order valence-electron chi connectivity index (χ3n) is 6.58. The number of carbonyl (C=O) groups excluding carboxylic acids is 1. The first-order valence-corrected chi connectivity index (χ1v) is 12.9. The van der Waals surface area contributed by atoms with Crippen molar-refractivity contribution in [3.8, 4) is 17.0 Å². The number of nitrogens with one attached hydrogen (secondary N) is 2. The Balaban J connectivity index is 1.52. The summed E-state index contributed by atoms with van der Waals surface area (Å²) in [5, 5.41) is 12.4. The number of amides is 1. The van der Waals surface area contributed by atoms with Crippen LogP contribution < -0.4 is 10.1 Å². The number of benzene rings is 2. The number of hydrogen-bond acceptors (Lipinski definition) is 6. The van der Waals surface area contributed by atoms with E-state index in [0.717, 1.165) is 41.7 Å². The van der Waals surface area contributed by atoms with Crippen molar-refractivity contribution in [2.45, 2.75) is 26.1 Å². The molecule has 1 amide bonds. The third-order valence-corrected chi connectivity index (χ3v) is 7.18. The van der Waals surface area contributed by atoms with Gasteiger partial charge in [0.2, 0.25) is 5.91 Å². The van der Waals surface area contributed by atoms with Crippen LogP contribution in [0.3, 0.4) is 0 Å². The van der Waals surface area contributed by atoms with Gasteiger partial charge in [-0.25, -0.2) is 0 Å². The van der Waals surface area contributed by atoms with E-state index in [-0.39, 0.29) is 5.91 Å². The van der Waals surface area contributed by atoms with E-state index in [1.165, 1.54) is 11.6 Å². The minimum atomic E-state index is -0.411. The van der Waals surface area contributed by atoms with E-state index < -0.39 is 6.10 Å². The van der Waals surface area contributed by atoms with Gasteiger partial charge in [-0.15, -0.1) is 0 Å². The van der Waals surface area contributed by atoms with Crippen LogP contribution in [0.1, 0.15) is 29.7 Å². The molecule has 0 fully saturated rings. The summed E-state index contributed by atoms with van der Waals surface area (Å²) >= 11 is 12.7. The molecule has 0 radical (unpaired) electrons. The molecule has 0 saturated heterocycles. The molecule has 0 bridgehead atoms. The largest absolute Gasteiger partial charge is 0.486 e. The summed E-state index contributed by atoms with van der Waals surface area (Å²) in [6.45, 7) is 8.54. The van der Waals surface area contributed by atoms with Crippen molar-refractivity contribution in [3.05, 3.63) is 82.1 Å². The Bertz CT molecular complexity index is 1500. The number of pyridine rings is 1. The number of anilines is 1. The third kappa shape index (κ3) is 5.26. The summed E-state index contributed by atoms with van der Waals surface area (Å²) in [4.78, 5) is 18.6. The van der Waals surface area contributed by atoms with Crippen LogP contribution in [-0.4, -0.2) is 46.2 Å². The van der Waals surface area contributed by atoms with E-state index in [1.54, 1.807) is 19.5 Å². The molecule has 10 heteroatoms. The molecule has 2 aromatic carbocycles. The Hall–Kier alpha value is -3.43. The second-order valence-corrected chi connectivity index (χ2v) is 9.93. The second-order valence-electron chi connectivity index (χ2n) is 9.12. The predicted octanol–water partition coefficient (Wildman–Crippen LogP) is 6.16.